The molecule has 18 heavy (non-hydrogen) atoms. The summed E-state index contributed by atoms with van der Waals surface area (Å²) in [7, 11) is 1.81. The second kappa shape index (κ2) is 4.48. The number of furan rings is 1. The van der Waals surface area contributed by atoms with Gasteiger partial charge < -0.3 is 9.32 Å². The van der Waals surface area contributed by atoms with E-state index in [1.165, 1.54) is 0 Å². The minimum absolute atomic E-state index is 0.114. The van der Waals surface area contributed by atoms with Crippen molar-refractivity contribution in [1.29, 1.82) is 0 Å². The summed E-state index contributed by atoms with van der Waals surface area (Å²) in [6.45, 7) is 6.27. The monoisotopic (exact) mass is 245 g/mol. The zero-order valence-corrected chi connectivity index (χ0v) is 11.4. The molecule has 96 valence electrons. The fourth-order valence-corrected chi connectivity index (χ4v) is 1.99. The molecule has 0 atom stereocenters. The van der Waals surface area contributed by atoms with E-state index in [9.17, 15) is 4.79 Å². The third kappa shape index (κ3) is 2.55. The maximum absolute atomic E-state index is 12.1. The van der Waals surface area contributed by atoms with Crippen molar-refractivity contribution < 1.29 is 9.21 Å². The lowest BCUT2D eigenvalue weighted by molar-refractivity contribution is -0.138. The Morgan fingerprint density at radius 3 is 2.56 bits per heavy atom. The molecule has 0 radical (unpaired) electrons. The molecule has 0 unspecified atom stereocenters. The second-order valence-corrected chi connectivity index (χ2v) is 5.66. The summed E-state index contributed by atoms with van der Waals surface area (Å²) in [6, 6.07) is 9.85. The van der Waals surface area contributed by atoms with Gasteiger partial charge in [-0.25, -0.2) is 0 Å². The van der Waals surface area contributed by atoms with Gasteiger partial charge in [-0.15, -0.1) is 0 Å². The maximum atomic E-state index is 12.1. The lowest BCUT2D eigenvalue weighted by Gasteiger charge is -2.25. The van der Waals surface area contributed by atoms with E-state index < -0.39 is 0 Å². The van der Waals surface area contributed by atoms with Crippen molar-refractivity contribution in [2.75, 3.05) is 7.05 Å². The zero-order chi connectivity index (χ0) is 13.3. The SMILES string of the molecule is CN(Cc1cc2ccccc2o1)C(=O)C(C)(C)C. The normalized spacial score (nSPS) is 11.8. The van der Waals surface area contributed by atoms with E-state index in [0.29, 0.717) is 6.54 Å². The highest BCUT2D eigenvalue weighted by Gasteiger charge is 2.25. The Balaban J connectivity index is 2.16. The lowest BCUT2D eigenvalue weighted by Crippen LogP contribution is -2.36. The van der Waals surface area contributed by atoms with Crippen LogP contribution in [0.1, 0.15) is 26.5 Å². The van der Waals surface area contributed by atoms with Crippen molar-refractivity contribution in [1.82, 2.24) is 4.90 Å². The molecule has 0 aliphatic rings. The van der Waals surface area contributed by atoms with Crippen LogP contribution in [0.2, 0.25) is 0 Å². The smallest absolute Gasteiger partial charge is 0.228 e. The van der Waals surface area contributed by atoms with Crippen molar-refractivity contribution in [2.45, 2.75) is 27.3 Å². The minimum atomic E-state index is -0.360. The first-order valence-corrected chi connectivity index (χ1v) is 6.11. The van der Waals surface area contributed by atoms with Crippen LogP contribution >= 0.6 is 0 Å². The molecule has 3 nitrogen and oxygen atoms in total. The molecule has 1 aromatic carbocycles. The van der Waals surface area contributed by atoms with E-state index in [1.54, 1.807) is 11.9 Å². The summed E-state index contributed by atoms with van der Waals surface area (Å²) in [5.74, 6) is 0.930. The van der Waals surface area contributed by atoms with Crippen LogP contribution in [0, 0.1) is 5.41 Å². The molecule has 0 spiro atoms. The largest absolute Gasteiger partial charge is 0.459 e. The summed E-state index contributed by atoms with van der Waals surface area (Å²) >= 11 is 0. The summed E-state index contributed by atoms with van der Waals surface area (Å²) in [6.07, 6.45) is 0. The summed E-state index contributed by atoms with van der Waals surface area (Å²) in [5.41, 5.74) is 0.505. The number of fused-ring (bicyclic) bond motifs is 1. The first-order valence-electron chi connectivity index (χ1n) is 6.11. The number of amides is 1. The minimum Gasteiger partial charge on any atom is -0.459 e. The van der Waals surface area contributed by atoms with E-state index in [0.717, 1.165) is 16.7 Å². The Morgan fingerprint density at radius 2 is 1.94 bits per heavy atom. The third-order valence-electron chi connectivity index (χ3n) is 2.86. The molecule has 3 heteroatoms. The molecule has 2 rings (SSSR count). The van der Waals surface area contributed by atoms with Crippen LogP contribution in [0.15, 0.2) is 34.7 Å². The molecule has 2 aromatic rings. The Bertz CT molecular complexity index is 530. The first kappa shape index (κ1) is 12.7. The number of benzene rings is 1. The number of carbonyl (C=O) groups excluding carboxylic acids is 1. The van der Waals surface area contributed by atoms with E-state index in [-0.39, 0.29) is 11.3 Å². The number of carbonyl (C=O) groups is 1. The van der Waals surface area contributed by atoms with Gasteiger partial charge >= 0.3 is 0 Å². The molecule has 1 amide bonds. The summed E-state index contributed by atoms with van der Waals surface area (Å²) < 4.78 is 5.71. The van der Waals surface area contributed by atoms with E-state index in [4.69, 9.17) is 4.42 Å². The fraction of sp³-hybridized carbons (Fsp3) is 0.400. The van der Waals surface area contributed by atoms with Crippen LogP contribution in [-0.2, 0) is 11.3 Å². The van der Waals surface area contributed by atoms with Crippen LogP contribution in [0.3, 0.4) is 0 Å². The molecular formula is C15H19NO2. The molecule has 0 saturated heterocycles. The molecule has 0 bridgehead atoms. The van der Waals surface area contributed by atoms with Crippen LogP contribution < -0.4 is 0 Å². The topological polar surface area (TPSA) is 33.5 Å². The highest BCUT2D eigenvalue weighted by molar-refractivity contribution is 5.81. The van der Waals surface area contributed by atoms with Gasteiger partial charge in [0.05, 0.1) is 6.54 Å². The number of nitrogens with zero attached hydrogens (tertiary/aromatic N) is 1. The summed E-state index contributed by atoms with van der Waals surface area (Å²) in [4.78, 5) is 13.8. The van der Waals surface area contributed by atoms with Gasteiger partial charge in [0.15, 0.2) is 0 Å². The zero-order valence-electron chi connectivity index (χ0n) is 11.4. The molecule has 1 aromatic heterocycles. The van der Waals surface area contributed by atoms with Crippen molar-refractivity contribution >= 4 is 16.9 Å². The third-order valence-corrected chi connectivity index (χ3v) is 2.86. The van der Waals surface area contributed by atoms with Crippen molar-refractivity contribution in [3.8, 4) is 0 Å². The van der Waals surface area contributed by atoms with Crippen molar-refractivity contribution in [3.05, 3.63) is 36.1 Å². The van der Waals surface area contributed by atoms with Gasteiger partial charge in [-0.05, 0) is 12.1 Å². The number of hydrogen-bond donors (Lipinski definition) is 0. The number of para-hydroxylation sites is 1. The average molecular weight is 245 g/mol. The van der Waals surface area contributed by atoms with Gasteiger partial charge in [0, 0.05) is 17.8 Å². The predicted octanol–water partition coefficient (Wildman–Crippen LogP) is 3.44. The molecule has 0 aliphatic carbocycles. The average Bonchev–Trinajstić information content (AvgIpc) is 2.68. The first-order chi connectivity index (χ1) is 8.38. The van der Waals surface area contributed by atoms with Crippen LogP contribution in [-0.4, -0.2) is 17.9 Å². The lowest BCUT2D eigenvalue weighted by atomic mass is 9.95. The highest BCUT2D eigenvalue weighted by Crippen LogP contribution is 2.22. The van der Waals surface area contributed by atoms with Gasteiger partial charge in [0.1, 0.15) is 11.3 Å². The van der Waals surface area contributed by atoms with Gasteiger partial charge in [-0.1, -0.05) is 39.0 Å². The van der Waals surface area contributed by atoms with Crippen molar-refractivity contribution in [3.63, 3.8) is 0 Å². The highest BCUT2D eigenvalue weighted by atomic mass is 16.3. The van der Waals surface area contributed by atoms with Crippen LogP contribution in [0.25, 0.3) is 11.0 Å². The van der Waals surface area contributed by atoms with Gasteiger partial charge in [0.2, 0.25) is 5.91 Å². The van der Waals surface area contributed by atoms with Crippen LogP contribution in [0.5, 0.6) is 0 Å². The Labute approximate surface area is 107 Å². The van der Waals surface area contributed by atoms with Gasteiger partial charge in [-0.2, -0.15) is 0 Å². The van der Waals surface area contributed by atoms with E-state index in [1.807, 2.05) is 51.1 Å². The van der Waals surface area contributed by atoms with Gasteiger partial charge in [0.25, 0.3) is 0 Å². The number of rotatable bonds is 2. The Hall–Kier alpha value is -1.77. The molecule has 0 aliphatic heterocycles. The second-order valence-electron chi connectivity index (χ2n) is 5.66. The standard InChI is InChI=1S/C15H19NO2/c1-15(2,3)14(17)16(4)10-12-9-11-7-5-6-8-13(11)18-12/h5-9H,10H2,1-4H3. The van der Waals surface area contributed by atoms with E-state index >= 15 is 0 Å². The van der Waals surface area contributed by atoms with Crippen LogP contribution in [0.4, 0.5) is 0 Å². The molecule has 1 heterocycles. The molecule has 0 N–H and O–H groups in total. The Kier molecular flexibility index (Phi) is 3.16. The van der Waals surface area contributed by atoms with Gasteiger partial charge in [-0.3, -0.25) is 4.79 Å². The molecule has 0 fully saturated rings. The summed E-state index contributed by atoms with van der Waals surface area (Å²) in [5, 5.41) is 1.07. The molecule has 0 saturated carbocycles. The predicted molar refractivity (Wildman–Crippen MR) is 72.1 cm³/mol. The quantitative estimate of drug-likeness (QED) is 0.812. The Morgan fingerprint density at radius 1 is 1.28 bits per heavy atom. The maximum Gasteiger partial charge on any atom is 0.228 e. The van der Waals surface area contributed by atoms with Crippen molar-refractivity contribution in [2.24, 2.45) is 5.41 Å². The van der Waals surface area contributed by atoms with E-state index in [2.05, 4.69) is 0 Å². The molecular weight excluding hydrogens is 226 g/mol. The fourth-order valence-electron chi connectivity index (χ4n) is 1.99. The number of hydrogen-bond acceptors (Lipinski definition) is 2.